The van der Waals surface area contributed by atoms with Gasteiger partial charge in [0.25, 0.3) is 0 Å². The summed E-state index contributed by atoms with van der Waals surface area (Å²) in [6, 6.07) is 6.78. The summed E-state index contributed by atoms with van der Waals surface area (Å²) >= 11 is 0. The van der Waals surface area contributed by atoms with Crippen molar-refractivity contribution in [2.45, 2.75) is 25.5 Å². The molecule has 1 fully saturated rings. The number of hydrogen-bond acceptors (Lipinski definition) is 5. The van der Waals surface area contributed by atoms with Gasteiger partial charge in [-0.05, 0) is 37.1 Å². The highest BCUT2D eigenvalue weighted by Crippen LogP contribution is 2.23. The number of guanidine groups is 1. The number of aliphatic imine (C=N–C) groups is 1. The molecule has 162 valence electrons. The number of nitrogens with zero attached hydrogens (tertiary/aromatic N) is 2. The van der Waals surface area contributed by atoms with E-state index in [0.29, 0.717) is 19.1 Å². The van der Waals surface area contributed by atoms with E-state index in [-0.39, 0.29) is 24.2 Å². The third kappa shape index (κ3) is 8.10. The fraction of sp³-hybridized carbons (Fsp3) is 0.579. The van der Waals surface area contributed by atoms with E-state index < -0.39 is 6.61 Å². The van der Waals surface area contributed by atoms with Crippen LogP contribution in [0.2, 0.25) is 0 Å². The zero-order valence-corrected chi connectivity index (χ0v) is 16.8. The second kappa shape index (κ2) is 12.1. The first-order valence-corrected chi connectivity index (χ1v) is 9.54. The largest absolute Gasteiger partial charge is 0.435 e. The molecule has 1 aromatic carbocycles. The van der Waals surface area contributed by atoms with Gasteiger partial charge in [0.1, 0.15) is 5.75 Å². The van der Waals surface area contributed by atoms with Crippen LogP contribution < -0.4 is 25.6 Å². The molecule has 0 bridgehead atoms. The van der Waals surface area contributed by atoms with Crippen LogP contribution in [0, 0.1) is 0 Å². The average molecular weight is 413 g/mol. The maximum atomic E-state index is 12.3. The Labute approximate surface area is 169 Å². The molecule has 1 aliphatic heterocycles. The Hall–Kier alpha value is -2.62. The summed E-state index contributed by atoms with van der Waals surface area (Å²) in [5.74, 6) is 0.560. The van der Waals surface area contributed by atoms with Crippen molar-refractivity contribution in [1.82, 2.24) is 16.0 Å². The second-order valence-electron chi connectivity index (χ2n) is 6.57. The molecule has 2 rings (SSSR count). The third-order valence-electron chi connectivity index (χ3n) is 4.46. The number of alkyl halides is 2. The number of benzene rings is 1. The summed E-state index contributed by atoms with van der Waals surface area (Å²) in [7, 11) is 3.23. The molecule has 8 nitrogen and oxygen atoms in total. The van der Waals surface area contributed by atoms with Crippen molar-refractivity contribution in [2.75, 3.05) is 51.8 Å². The van der Waals surface area contributed by atoms with Gasteiger partial charge >= 0.3 is 6.61 Å². The number of hydrogen-bond donors (Lipinski definition) is 3. The lowest BCUT2D eigenvalue weighted by Gasteiger charge is -2.35. The standard InChI is InChI=1S/C19H29F2N5O3/c1-22-19(24-12-17(27)23-9-11-28-2)25-14-4-3-10-26(13-14)15-5-7-16(8-6-15)29-18(20)21/h5-8,14,18H,3-4,9-13H2,1-2H3,(H,23,27)(H2,22,24,25). The fourth-order valence-electron chi connectivity index (χ4n) is 3.07. The zero-order valence-electron chi connectivity index (χ0n) is 16.8. The Kier molecular flexibility index (Phi) is 9.42. The van der Waals surface area contributed by atoms with E-state index in [4.69, 9.17) is 4.74 Å². The lowest BCUT2D eigenvalue weighted by atomic mass is 10.0. The van der Waals surface area contributed by atoms with Crippen LogP contribution in [0.1, 0.15) is 12.8 Å². The molecule has 1 aromatic rings. The highest BCUT2D eigenvalue weighted by molar-refractivity contribution is 5.86. The summed E-state index contributed by atoms with van der Waals surface area (Å²) in [5, 5.41) is 9.07. The number of carbonyl (C=O) groups is 1. The lowest BCUT2D eigenvalue weighted by molar-refractivity contribution is -0.120. The summed E-state index contributed by atoms with van der Waals surface area (Å²) in [4.78, 5) is 18.1. The van der Waals surface area contributed by atoms with E-state index >= 15 is 0 Å². The monoisotopic (exact) mass is 413 g/mol. The van der Waals surface area contributed by atoms with Crippen molar-refractivity contribution in [3.63, 3.8) is 0 Å². The van der Waals surface area contributed by atoms with Crippen LogP contribution in [0.3, 0.4) is 0 Å². The Balaban J connectivity index is 1.82. The highest BCUT2D eigenvalue weighted by atomic mass is 19.3. The molecule has 1 atom stereocenters. The maximum Gasteiger partial charge on any atom is 0.387 e. The fourth-order valence-corrected chi connectivity index (χ4v) is 3.07. The van der Waals surface area contributed by atoms with Crippen molar-refractivity contribution < 1.29 is 23.0 Å². The molecule has 0 radical (unpaired) electrons. The van der Waals surface area contributed by atoms with E-state index in [2.05, 4.69) is 30.6 Å². The predicted molar refractivity (Wildman–Crippen MR) is 108 cm³/mol. The van der Waals surface area contributed by atoms with Gasteiger partial charge in [-0.3, -0.25) is 9.79 Å². The maximum absolute atomic E-state index is 12.3. The molecule has 0 aromatic heterocycles. The van der Waals surface area contributed by atoms with Crippen LogP contribution in [-0.4, -0.2) is 71.5 Å². The van der Waals surface area contributed by atoms with Gasteiger partial charge < -0.3 is 30.3 Å². The first-order chi connectivity index (χ1) is 14.0. The molecular weight excluding hydrogens is 384 g/mol. The van der Waals surface area contributed by atoms with Gasteiger partial charge in [-0.2, -0.15) is 8.78 Å². The molecule has 1 amide bonds. The van der Waals surface area contributed by atoms with Gasteiger partial charge in [0.15, 0.2) is 5.96 Å². The number of piperidine rings is 1. The Morgan fingerprint density at radius 2 is 2.07 bits per heavy atom. The predicted octanol–water partition coefficient (Wildman–Crippen LogP) is 1.18. The van der Waals surface area contributed by atoms with E-state index in [9.17, 15) is 13.6 Å². The van der Waals surface area contributed by atoms with Crippen LogP contribution in [0.4, 0.5) is 14.5 Å². The second-order valence-corrected chi connectivity index (χ2v) is 6.57. The number of carbonyl (C=O) groups excluding carboxylic acids is 1. The van der Waals surface area contributed by atoms with Crippen molar-refractivity contribution in [2.24, 2.45) is 4.99 Å². The Morgan fingerprint density at radius 1 is 1.31 bits per heavy atom. The Morgan fingerprint density at radius 3 is 2.72 bits per heavy atom. The average Bonchev–Trinajstić information content (AvgIpc) is 2.71. The van der Waals surface area contributed by atoms with Gasteiger partial charge in [0.2, 0.25) is 5.91 Å². The summed E-state index contributed by atoms with van der Waals surface area (Å²) in [6.07, 6.45) is 1.94. The van der Waals surface area contributed by atoms with Crippen LogP contribution in [0.15, 0.2) is 29.3 Å². The molecule has 1 unspecified atom stereocenters. The minimum Gasteiger partial charge on any atom is -0.435 e. The third-order valence-corrected chi connectivity index (χ3v) is 4.46. The molecule has 1 heterocycles. The van der Waals surface area contributed by atoms with E-state index in [1.807, 2.05) is 0 Å². The molecule has 1 aliphatic rings. The molecule has 29 heavy (non-hydrogen) atoms. The number of methoxy groups -OCH3 is 1. The van der Waals surface area contributed by atoms with Gasteiger partial charge in [-0.1, -0.05) is 0 Å². The first-order valence-electron chi connectivity index (χ1n) is 9.54. The van der Waals surface area contributed by atoms with Gasteiger partial charge in [-0.25, -0.2) is 0 Å². The van der Waals surface area contributed by atoms with Gasteiger partial charge in [-0.15, -0.1) is 0 Å². The minimum atomic E-state index is -2.83. The molecule has 0 aliphatic carbocycles. The van der Waals surface area contributed by atoms with Crippen LogP contribution in [-0.2, 0) is 9.53 Å². The first kappa shape index (κ1) is 22.7. The topological polar surface area (TPSA) is 87.2 Å². The van der Waals surface area contributed by atoms with Crippen molar-refractivity contribution >= 4 is 17.6 Å². The number of halogens is 2. The SMILES string of the molecule is CN=C(NCC(=O)NCCOC)NC1CCCN(c2ccc(OC(F)F)cc2)C1. The normalized spacial score (nSPS) is 17.2. The molecule has 0 saturated carbocycles. The summed E-state index contributed by atoms with van der Waals surface area (Å²) in [6.45, 7) is -0.179. The molecule has 10 heteroatoms. The van der Waals surface area contributed by atoms with Gasteiger partial charge in [0.05, 0.1) is 13.2 Å². The zero-order chi connectivity index (χ0) is 21.1. The van der Waals surface area contributed by atoms with E-state index in [1.54, 1.807) is 38.4 Å². The molecular formula is C19H29F2N5O3. The van der Waals surface area contributed by atoms with Crippen LogP contribution >= 0.6 is 0 Å². The van der Waals surface area contributed by atoms with Crippen LogP contribution in [0.25, 0.3) is 0 Å². The Bertz CT molecular complexity index is 658. The summed E-state index contributed by atoms with van der Waals surface area (Å²) in [5.41, 5.74) is 0.943. The number of ether oxygens (including phenoxy) is 2. The lowest BCUT2D eigenvalue weighted by Crippen LogP contribution is -2.52. The smallest absolute Gasteiger partial charge is 0.387 e. The number of amides is 1. The van der Waals surface area contributed by atoms with Crippen molar-refractivity contribution in [3.8, 4) is 5.75 Å². The number of nitrogens with one attached hydrogen (secondary N) is 3. The molecule has 0 spiro atoms. The number of rotatable bonds is 9. The highest BCUT2D eigenvalue weighted by Gasteiger charge is 2.21. The van der Waals surface area contributed by atoms with Crippen molar-refractivity contribution in [1.29, 1.82) is 0 Å². The van der Waals surface area contributed by atoms with E-state index in [1.165, 1.54) is 0 Å². The molecule has 3 N–H and O–H groups in total. The summed E-state index contributed by atoms with van der Waals surface area (Å²) < 4.78 is 33.9. The van der Waals surface area contributed by atoms with E-state index in [0.717, 1.165) is 31.6 Å². The van der Waals surface area contributed by atoms with Gasteiger partial charge in [0, 0.05) is 45.5 Å². The van der Waals surface area contributed by atoms with Crippen molar-refractivity contribution in [3.05, 3.63) is 24.3 Å². The number of anilines is 1. The van der Waals surface area contributed by atoms with Crippen LogP contribution in [0.5, 0.6) is 5.75 Å². The minimum absolute atomic E-state index is 0.116. The quantitative estimate of drug-likeness (QED) is 0.320. The molecule has 1 saturated heterocycles.